The Balaban J connectivity index is 2.45. The average molecular weight is 380 g/mol. The summed E-state index contributed by atoms with van der Waals surface area (Å²) in [5.74, 6) is 5.81. The van der Waals surface area contributed by atoms with Gasteiger partial charge in [-0.25, -0.2) is 9.82 Å². The zero-order valence-corrected chi connectivity index (χ0v) is 14.6. The molecule has 3 N–H and O–H groups in total. The molecule has 0 amide bonds. The highest BCUT2D eigenvalue weighted by Gasteiger charge is 2.43. The lowest BCUT2D eigenvalue weighted by atomic mass is 9.73. The van der Waals surface area contributed by atoms with Gasteiger partial charge in [-0.2, -0.15) is 0 Å². The van der Waals surface area contributed by atoms with Gasteiger partial charge in [0.2, 0.25) is 0 Å². The maximum absolute atomic E-state index is 14.5. The van der Waals surface area contributed by atoms with Crippen molar-refractivity contribution in [2.24, 2.45) is 11.8 Å². The van der Waals surface area contributed by atoms with Crippen LogP contribution in [0.5, 0.6) is 0 Å². The Kier molecular flexibility index (Phi) is 5.65. The Labute approximate surface area is 138 Å². The van der Waals surface area contributed by atoms with Gasteiger partial charge in [-0.3, -0.25) is 5.84 Å². The van der Waals surface area contributed by atoms with Crippen molar-refractivity contribution in [1.82, 2.24) is 5.43 Å². The molecule has 2 rings (SSSR count). The molecule has 0 spiro atoms. The van der Waals surface area contributed by atoms with Gasteiger partial charge in [-0.15, -0.1) is 0 Å². The monoisotopic (exact) mass is 378 g/mol. The van der Waals surface area contributed by atoms with Crippen LogP contribution in [0.3, 0.4) is 0 Å². The summed E-state index contributed by atoms with van der Waals surface area (Å²) in [5.41, 5.74) is 2.69. The lowest BCUT2D eigenvalue weighted by Gasteiger charge is -2.44. The summed E-state index contributed by atoms with van der Waals surface area (Å²) in [5, 5.41) is 0.0721. The van der Waals surface area contributed by atoms with Crippen LogP contribution in [0.25, 0.3) is 0 Å². The van der Waals surface area contributed by atoms with Crippen LogP contribution < -0.4 is 11.3 Å². The molecule has 6 heteroatoms. The largest absolute Gasteiger partial charge is 0.376 e. The number of methoxy groups -OCH3 is 1. The molecule has 0 radical (unpaired) electrons. The molecule has 1 fully saturated rings. The third kappa shape index (κ3) is 3.27. The van der Waals surface area contributed by atoms with Gasteiger partial charge < -0.3 is 4.74 Å². The van der Waals surface area contributed by atoms with Crippen LogP contribution in [-0.4, -0.2) is 12.7 Å². The van der Waals surface area contributed by atoms with Gasteiger partial charge in [-0.05, 0) is 40.8 Å². The number of halogens is 3. The van der Waals surface area contributed by atoms with Crippen molar-refractivity contribution in [1.29, 1.82) is 0 Å². The molecule has 118 valence electrons. The summed E-state index contributed by atoms with van der Waals surface area (Å²) in [4.78, 5) is 0. The summed E-state index contributed by atoms with van der Waals surface area (Å²) in [6, 6.07) is 3.01. The van der Waals surface area contributed by atoms with Crippen LogP contribution in [0.15, 0.2) is 16.6 Å². The summed E-state index contributed by atoms with van der Waals surface area (Å²) < 4.78 is 20.9. The van der Waals surface area contributed by atoms with Crippen LogP contribution in [0.2, 0.25) is 5.02 Å². The molecular weight excluding hydrogens is 359 g/mol. The summed E-state index contributed by atoms with van der Waals surface area (Å²) >= 11 is 9.24. The van der Waals surface area contributed by atoms with Crippen molar-refractivity contribution < 1.29 is 9.13 Å². The zero-order chi connectivity index (χ0) is 15.6. The quantitative estimate of drug-likeness (QED) is 0.465. The number of benzene rings is 1. The van der Waals surface area contributed by atoms with E-state index in [4.69, 9.17) is 22.2 Å². The topological polar surface area (TPSA) is 47.3 Å². The standard InChI is InChI=1S/C15H21BrClFN2O/c1-9-4-3-7-15(8-9,21-2)14(20-19)10-5-6-11(16)12(17)13(10)18/h5-6,9,14,20H,3-4,7-8,19H2,1-2H3. The number of rotatable bonds is 4. The number of hydrogen-bond acceptors (Lipinski definition) is 3. The van der Waals surface area contributed by atoms with E-state index in [1.165, 1.54) is 0 Å². The van der Waals surface area contributed by atoms with Gasteiger partial charge in [-0.1, -0.05) is 37.4 Å². The number of ether oxygens (including phenoxy) is 1. The minimum atomic E-state index is -0.510. The molecule has 21 heavy (non-hydrogen) atoms. The predicted octanol–water partition coefficient (Wildman–Crippen LogP) is 4.34. The first-order chi connectivity index (χ1) is 9.95. The highest BCUT2D eigenvalue weighted by molar-refractivity contribution is 9.10. The van der Waals surface area contributed by atoms with Crippen molar-refractivity contribution in [3.63, 3.8) is 0 Å². The predicted molar refractivity (Wildman–Crippen MR) is 86.5 cm³/mol. The third-order valence-corrected chi connectivity index (χ3v) is 5.72. The fraction of sp³-hybridized carbons (Fsp3) is 0.600. The second kappa shape index (κ2) is 6.92. The van der Waals surface area contributed by atoms with Crippen LogP contribution in [0.1, 0.15) is 44.2 Å². The summed E-state index contributed by atoms with van der Waals surface area (Å²) in [7, 11) is 1.67. The van der Waals surface area contributed by atoms with E-state index in [1.807, 2.05) is 0 Å². The normalized spacial score (nSPS) is 27.6. The van der Waals surface area contributed by atoms with Gasteiger partial charge in [0.25, 0.3) is 0 Å². The Morgan fingerprint density at radius 3 is 2.86 bits per heavy atom. The van der Waals surface area contributed by atoms with Crippen molar-refractivity contribution >= 4 is 27.5 Å². The van der Waals surface area contributed by atoms with Crippen LogP contribution in [-0.2, 0) is 4.74 Å². The molecule has 1 aliphatic carbocycles. The van der Waals surface area contributed by atoms with E-state index < -0.39 is 17.5 Å². The first-order valence-corrected chi connectivity index (χ1v) is 8.27. The van der Waals surface area contributed by atoms with E-state index in [-0.39, 0.29) is 5.02 Å². The van der Waals surface area contributed by atoms with Crippen LogP contribution >= 0.6 is 27.5 Å². The molecule has 1 aromatic carbocycles. The van der Waals surface area contributed by atoms with E-state index in [1.54, 1.807) is 19.2 Å². The van der Waals surface area contributed by atoms with Crippen molar-refractivity contribution in [2.45, 2.75) is 44.2 Å². The maximum atomic E-state index is 14.5. The smallest absolute Gasteiger partial charge is 0.147 e. The van der Waals surface area contributed by atoms with Gasteiger partial charge in [0, 0.05) is 17.1 Å². The third-order valence-electron chi connectivity index (χ3n) is 4.47. The first-order valence-electron chi connectivity index (χ1n) is 7.10. The van der Waals surface area contributed by atoms with Crippen molar-refractivity contribution in [3.8, 4) is 0 Å². The molecule has 0 heterocycles. The van der Waals surface area contributed by atoms with Crippen molar-refractivity contribution in [3.05, 3.63) is 33.0 Å². The van der Waals surface area contributed by atoms with Crippen LogP contribution in [0, 0.1) is 11.7 Å². The van der Waals surface area contributed by atoms with Gasteiger partial charge in [0.05, 0.1) is 16.7 Å². The molecule has 1 aromatic rings. The molecule has 1 aliphatic rings. The Morgan fingerprint density at radius 1 is 1.57 bits per heavy atom. The van der Waals surface area contributed by atoms with E-state index in [2.05, 4.69) is 28.3 Å². The summed E-state index contributed by atoms with van der Waals surface area (Å²) in [6.45, 7) is 2.19. The SMILES string of the molecule is COC1(C(NN)c2ccc(Br)c(Cl)c2F)CCCC(C)C1. The molecule has 3 nitrogen and oxygen atoms in total. The lowest BCUT2D eigenvalue weighted by Crippen LogP contribution is -2.50. The number of nitrogens with two attached hydrogens (primary N) is 1. The summed E-state index contributed by atoms with van der Waals surface area (Å²) in [6.07, 6.45) is 3.88. The van der Waals surface area contributed by atoms with E-state index in [0.717, 1.165) is 25.7 Å². The van der Waals surface area contributed by atoms with Gasteiger partial charge >= 0.3 is 0 Å². The molecule has 3 unspecified atom stereocenters. The lowest BCUT2D eigenvalue weighted by molar-refractivity contribution is -0.0813. The van der Waals surface area contributed by atoms with Crippen molar-refractivity contribution in [2.75, 3.05) is 7.11 Å². The van der Waals surface area contributed by atoms with E-state index in [9.17, 15) is 4.39 Å². The van der Waals surface area contributed by atoms with E-state index in [0.29, 0.717) is 16.0 Å². The molecule has 0 bridgehead atoms. The van der Waals surface area contributed by atoms with Crippen LogP contribution in [0.4, 0.5) is 4.39 Å². The van der Waals surface area contributed by atoms with Gasteiger partial charge in [0.15, 0.2) is 0 Å². The number of hydrogen-bond donors (Lipinski definition) is 2. The number of hydrazine groups is 1. The molecule has 0 aromatic heterocycles. The molecule has 1 saturated carbocycles. The maximum Gasteiger partial charge on any atom is 0.147 e. The fourth-order valence-electron chi connectivity index (χ4n) is 3.40. The highest BCUT2D eigenvalue weighted by atomic mass is 79.9. The first kappa shape index (κ1) is 17.2. The van der Waals surface area contributed by atoms with Gasteiger partial charge in [0.1, 0.15) is 5.82 Å². The Hall–Kier alpha value is -0.200. The minimum Gasteiger partial charge on any atom is -0.376 e. The number of nitrogens with one attached hydrogen (secondary N) is 1. The zero-order valence-electron chi connectivity index (χ0n) is 12.3. The molecular formula is C15H21BrClFN2O. The fourth-order valence-corrected chi connectivity index (χ4v) is 3.88. The average Bonchev–Trinajstić information content (AvgIpc) is 2.48. The van der Waals surface area contributed by atoms with E-state index >= 15 is 0 Å². The second-order valence-electron chi connectivity index (χ2n) is 5.83. The Morgan fingerprint density at radius 2 is 2.29 bits per heavy atom. The minimum absolute atomic E-state index is 0.0721. The second-order valence-corrected chi connectivity index (χ2v) is 7.07. The Bertz CT molecular complexity index is 517. The highest BCUT2D eigenvalue weighted by Crippen LogP contribution is 2.44. The molecule has 3 atom stereocenters. The molecule has 0 aliphatic heterocycles. The molecule has 0 saturated heterocycles.